The molecule has 2 aliphatic rings. The van der Waals surface area contributed by atoms with E-state index in [4.69, 9.17) is 5.11 Å². The van der Waals surface area contributed by atoms with Crippen LogP contribution in [0.4, 0.5) is 11.5 Å². The van der Waals surface area contributed by atoms with Crippen molar-refractivity contribution >= 4 is 23.4 Å². The molecular formula is C16H21N3O3. The van der Waals surface area contributed by atoms with Crippen LogP contribution in [0.5, 0.6) is 0 Å². The third-order valence-electron chi connectivity index (χ3n) is 4.85. The standard InChI is InChI=1S/C16H21N3O3/c1-16(2)12(13(16)15(21)22)14(20)18-11-6-5-10(9-17-11)19-7-3-4-8-19/h5-6,9,12-13H,3-4,7-8H2,1-2H3,(H,21,22)(H,17,18,20)/t12-,13+/m1/s1. The Hall–Kier alpha value is -2.11. The maximum absolute atomic E-state index is 12.2. The number of nitrogens with one attached hydrogen (secondary N) is 1. The largest absolute Gasteiger partial charge is 0.481 e. The van der Waals surface area contributed by atoms with E-state index in [2.05, 4.69) is 15.2 Å². The van der Waals surface area contributed by atoms with Gasteiger partial charge in [-0.15, -0.1) is 0 Å². The second-order valence-electron chi connectivity index (χ2n) is 6.70. The number of carbonyl (C=O) groups is 2. The van der Waals surface area contributed by atoms with Gasteiger partial charge in [-0.25, -0.2) is 4.98 Å². The molecule has 6 heteroatoms. The number of carbonyl (C=O) groups excluding carboxylic acids is 1. The van der Waals surface area contributed by atoms with Gasteiger partial charge in [0.1, 0.15) is 5.82 Å². The molecule has 1 aliphatic heterocycles. The lowest BCUT2D eigenvalue weighted by atomic mass is 10.1. The van der Waals surface area contributed by atoms with Crippen molar-refractivity contribution in [2.45, 2.75) is 26.7 Å². The summed E-state index contributed by atoms with van der Waals surface area (Å²) in [5, 5.41) is 11.9. The number of aliphatic carboxylic acids is 1. The lowest BCUT2D eigenvalue weighted by Crippen LogP contribution is -2.20. The van der Waals surface area contributed by atoms with Gasteiger partial charge in [0.05, 0.1) is 23.7 Å². The van der Waals surface area contributed by atoms with Crippen LogP contribution in [0.3, 0.4) is 0 Å². The fourth-order valence-corrected chi connectivity index (χ4v) is 3.41. The van der Waals surface area contributed by atoms with E-state index in [0.29, 0.717) is 5.82 Å². The highest BCUT2D eigenvalue weighted by atomic mass is 16.4. The minimum Gasteiger partial charge on any atom is -0.481 e. The zero-order valence-electron chi connectivity index (χ0n) is 12.9. The van der Waals surface area contributed by atoms with Crippen molar-refractivity contribution in [1.29, 1.82) is 0 Å². The molecule has 22 heavy (non-hydrogen) atoms. The molecule has 6 nitrogen and oxygen atoms in total. The summed E-state index contributed by atoms with van der Waals surface area (Å²) in [5.74, 6) is -1.82. The summed E-state index contributed by atoms with van der Waals surface area (Å²) in [6.07, 6.45) is 4.16. The first-order valence-corrected chi connectivity index (χ1v) is 7.66. The molecule has 0 aromatic carbocycles. The molecule has 0 bridgehead atoms. The first-order chi connectivity index (χ1) is 10.4. The Balaban J connectivity index is 1.64. The number of anilines is 2. The van der Waals surface area contributed by atoms with Gasteiger partial charge in [-0.3, -0.25) is 9.59 Å². The molecule has 3 rings (SSSR count). The van der Waals surface area contributed by atoms with E-state index in [-0.39, 0.29) is 5.91 Å². The fourth-order valence-electron chi connectivity index (χ4n) is 3.41. The van der Waals surface area contributed by atoms with E-state index < -0.39 is 23.2 Å². The first-order valence-electron chi connectivity index (χ1n) is 7.66. The predicted molar refractivity (Wildman–Crippen MR) is 82.7 cm³/mol. The topological polar surface area (TPSA) is 82.5 Å². The van der Waals surface area contributed by atoms with Crippen LogP contribution in [0, 0.1) is 17.3 Å². The monoisotopic (exact) mass is 303 g/mol. The van der Waals surface area contributed by atoms with Gasteiger partial charge in [0, 0.05) is 13.1 Å². The third kappa shape index (κ3) is 2.53. The van der Waals surface area contributed by atoms with Crippen LogP contribution in [0.25, 0.3) is 0 Å². The molecule has 2 N–H and O–H groups in total. The van der Waals surface area contributed by atoms with E-state index in [9.17, 15) is 9.59 Å². The number of amides is 1. The van der Waals surface area contributed by atoms with Gasteiger partial charge >= 0.3 is 5.97 Å². The number of hydrogen-bond donors (Lipinski definition) is 2. The summed E-state index contributed by atoms with van der Waals surface area (Å²) in [6.45, 7) is 5.70. The van der Waals surface area contributed by atoms with Gasteiger partial charge in [-0.2, -0.15) is 0 Å². The summed E-state index contributed by atoms with van der Waals surface area (Å²) in [5.41, 5.74) is 0.566. The molecule has 1 saturated carbocycles. The molecule has 1 aliphatic carbocycles. The van der Waals surface area contributed by atoms with Crippen LogP contribution in [0.2, 0.25) is 0 Å². The van der Waals surface area contributed by atoms with Crippen LogP contribution in [-0.4, -0.2) is 35.1 Å². The average molecular weight is 303 g/mol. The number of hydrogen-bond acceptors (Lipinski definition) is 4. The molecule has 1 saturated heterocycles. The average Bonchev–Trinajstić information content (AvgIpc) is 2.84. The summed E-state index contributed by atoms with van der Waals surface area (Å²) in [7, 11) is 0. The van der Waals surface area contributed by atoms with Gasteiger partial charge in [0.2, 0.25) is 5.91 Å². The normalized spacial score (nSPS) is 25.8. The van der Waals surface area contributed by atoms with E-state index in [1.807, 2.05) is 6.07 Å². The Morgan fingerprint density at radius 3 is 2.45 bits per heavy atom. The van der Waals surface area contributed by atoms with Crippen molar-refractivity contribution in [3.63, 3.8) is 0 Å². The Morgan fingerprint density at radius 1 is 1.27 bits per heavy atom. The molecule has 1 aromatic rings. The van der Waals surface area contributed by atoms with Crippen molar-refractivity contribution in [2.24, 2.45) is 17.3 Å². The van der Waals surface area contributed by atoms with Gasteiger partial charge < -0.3 is 15.3 Å². The van der Waals surface area contributed by atoms with Crippen molar-refractivity contribution in [3.05, 3.63) is 18.3 Å². The van der Waals surface area contributed by atoms with Crippen molar-refractivity contribution in [1.82, 2.24) is 4.98 Å². The zero-order chi connectivity index (χ0) is 15.9. The minimum atomic E-state index is -0.914. The van der Waals surface area contributed by atoms with Gasteiger partial charge in [-0.1, -0.05) is 13.8 Å². The number of carboxylic acids is 1. The number of pyridine rings is 1. The predicted octanol–water partition coefficient (Wildman–Crippen LogP) is 1.98. The Bertz CT molecular complexity index is 591. The molecule has 118 valence electrons. The molecule has 1 aromatic heterocycles. The molecule has 2 fully saturated rings. The Kier molecular flexibility index (Phi) is 3.54. The van der Waals surface area contributed by atoms with E-state index in [0.717, 1.165) is 18.8 Å². The van der Waals surface area contributed by atoms with Crippen LogP contribution in [0.15, 0.2) is 18.3 Å². The smallest absolute Gasteiger partial charge is 0.307 e. The second-order valence-corrected chi connectivity index (χ2v) is 6.70. The van der Waals surface area contributed by atoms with Gasteiger partial charge in [-0.05, 0) is 30.4 Å². The highest BCUT2D eigenvalue weighted by Gasteiger charge is 2.65. The Labute approximate surface area is 129 Å². The highest BCUT2D eigenvalue weighted by Crippen LogP contribution is 2.58. The maximum Gasteiger partial charge on any atom is 0.307 e. The van der Waals surface area contributed by atoms with Gasteiger partial charge in [0.15, 0.2) is 0 Å². The maximum atomic E-state index is 12.2. The summed E-state index contributed by atoms with van der Waals surface area (Å²) in [4.78, 5) is 29.9. The molecule has 0 unspecified atom stereocenters. The van der Waals surface area contributed by atoms with E-state index in [1.54, 1.807) is 26.1 Å². The second kappa shape index (κ2) is 5.26. The fraction of sp³-hybridized carbons (Fsp3) is 0.562. The molecule has 0 spiro atoms. The highest BCUT2D eigenvalue weighted by molar-refractivity contribution is 5.99. The summed E-state index contributed by atoms with van der Waals surface area (Å²) in [6, 6.07) is 3.72. The Morgan fingerprint density at radius 2 is 1.95 bits per heavy atom. The third-order valence-corrected chi connectivity index (χ3v) is 4.85. The van der Waals surface area contributed by atoms with Crippen LogP contribution < -0.4 is 10.2 Å². The quantitative estimate of drug-likeness (QED) is 0.888. The van der Waals surface area contributed by atoms with Crippen LogP contribution in [0.1, 0.15) is 26.7 Å². The van der Waals surface area contributed by atoms with Gasteiger partial charge in [0.25, 0.3) is 0 Å². The lowest BCUT2D eigenvalue weighted by Gasteiger charge is -2.17. The first kappa shape index (κ1) is 14.8. The number of nitrogens with zero attached hydrogens (tertiary/aromatic N) is 2. The zero-order valence-corrected chi connectivity index (χ0v) is 12.9. The number of carboxylic acid groups (broad SMARTS) is 1. The van der Waals surface area contributed by atoms with Crippen molar-refractivity contribution in [3.8, 4) is 0 Å². The number of rotatable bonds is 4. The minimum absolute atomic E-state index is 0.265. The van der Waals surface area contributed by atoms with Crippen molar-refractivity contribution < 1.29 is 14.7 Å². The summed E-state index contributed by atoms with van der Waals surface area (Å²) < 4.78 is 0. The van der Waals surface area contributed by atoms with Crippen molar-refractivity contribution in [2.75, 3.05) is 23.3 Å². The van der Waals surface area contributed by atoms with Crippen LogP contribution >= 0.6 is 0 Å². The number of aromatic nitrogens is 1. The van der Waals surface area contributed by atoms with E-state index >= 15 is 0 Å². The lowest BCUT2D eigenvalue weighted by molar-refractivity contribution is -0.140. The molecule has 1 amide bonds. The molecule has 2 atom stereocenters. The van der Waals surface area contributed by atoms with E-state index in [1.165, 1.54) is 12.8 Å². The molecular weight excluding hydrogens is 282 g/mol. The molecule has 0 radical (unpaired) electrons. The summed E-state index contributed by atoms with van der Waals surface area (Å²) >= 11 is 0. The molecule has 2 heterocycles. The SMILES string of the molecule is CC1(C)[C@H](C(=O)O)[C@@H]1C(=O)Nc1ccc(N2CCCC2)cn1. The van der Waals surface area contributed by atoms with Crippen LogP contribution in [-0.2, 0) is 9.59 Å².